The predicted molar refractivity (Wildman–Crippen MR) is 371 cm³/mol. The van der Waals surface area contributed by atoms with Gasteiger partial charge in [-0.05, 0) is 68.8 Å². The molecule has 20 nitrogen and oxygen atoms in total. The molecule has 0 aromatic heterocycles. The molecule has 1 saturated carbocycles. The smallest absolute Gasteiger partial charge is 0.452 e. The summed E-state index contributed by atoms with van der Waals surface area (Å²) in [5.74, 6) is -2.28. The average molecular weight is 1430 g/mol. The fraction of sp³-hybridized carbons (Fsp3) is 0.184. The minimum absolute atomic E-state index is 0.0919. The number of carbonyl (C=O) groups excluding carboxylic acids is 2. The number of hydrogen-bond donors (Lipinski definition) is 0. The summed E-state index contributed by atoms with van der Waals surface area (Å²) in [4.78, 5) is 30.7. The maximum Gasteiger partial charge on any atom is 0.475 e. The van der Waals surface area contributed by atoms with Crippen molar-refractivity contribution in [3.63, 3.8) is 0 Å². The van der Waals surface area contributed by atoms with Crippen LogP contribution in [0.1, 0.15) is 65.2 Å². The third kappa shape index (κ3) is 21.8. The Hall–Kier alpha value is -8.42. The molecule has 10 aromatic rings. The first-order chi connectivity index (χ1) is 48.8. The van der Waals surface area contributed by atoms with Gasteiger partial charge in [-0.15, -0.1) is 0 Å². The van der Waals surface area contributed by atoms with Crippen molar-refractivity contribution in [1.82, 2.24) is 0 Å². The van der Waals surface area contributed by atoms with E-state index in [2.05, 4.69) is 0 Å². The Morgan fingerprint density at radius 2 is 0.350 bits per heavy atom. The Kier molecular flexibility index (Phi) is 26.4. The lowest BCUT2D eigenvalue weighted by atomic mass is 9.84. The van der Waals surface area contributed by atoms with Gasteiger partial charge in [-0.1, -0.05) is 279 Å². The van der Waals surface area contributed by atoms with Crippen molar-refractivity contribution < 1.29 is 91.6 Å². The highest BCUT2D eigenvalue weighted by Gasteiger charge is 2.64. The minimum atomic E-state index is -5.41. The average Bonchev–Trinajstić information content (AvgIpc) is 0.738. The van der Waals surface area contributed by atoms with E-state index in [0.29, 0.717) is 44.5 Å². The molecule has 1 aliphatic rings. The normalized spacial score (nSPS) is 17.2. The third-order valence-corrected chi connectivity index (χ3v) is 20.9. The fourth-order valence-corrected chi connectivity index (χ4v) is 15.6. The van der Waals surface area contributed by atoms with Gasteiger partial charge < -0.3 is 9.47 Å². The van der Waals surface area contributed by atoms with Crippen LogP contribution in [0.25, 0.3) is 0 Å². The zero-order valence-electron chi connectivity index (χ0n) is 53.9. The molecule has 516 valence electrons. The second-order valence-electron chi connectivity index (χ2n) is 22.6. The first-order valence-corrected chi connectivity index (χ1v) is 37.7. The van der Waals surface area contributed by atoms with E-state index in [9.17, 15) is 0 Å². The summed E-state index contributed by atoms with van der Waals surface area (Å²) >= 11 is 0. The highest BCUT2D eigenvalue weighted by Crippen LogP contribution is 2.63. The van der Waals surface area contributed by atoms with Gasteiger partial charge in [0.1, 0.15) is 24.4 Å². The van der Waals surface area contributed by atoms with Crippen LogP contribution in [0.15, 0.2) is 303 Å². The SMILES string of the molecule is O=C(O[C@@H]1[C@H](OC(=O)c2ccccc2)[C@@H](OP(=O)(OCc2ccccc2)OCc2ccccc2)[C@H](OP(=O)(OCc2ccccc2)OCc2ccccc2)[C@@H](OP(=O)(OCc2ccccc2)OCc2ccccc2)[C@@H]1OP(=O)(OCc1ccccc1)OCc1ccccc1)c1ccccc1. The van der Waals surface area contributed by atoms with Crippen LogP contribution in [-0.2, 0) is 135 Å². The minimum Gasteiger partial charge on any atom is -0.452 e. The lowest BCUT2D eigenvalue weighted by molar-refractivity contribution is -0.214. The molecule has 6 atom stereocenters. The molecule has 0 radical (unpaired) electrons. The Morgan fingerprint density at radius 3 is 0.510 bits per heavy atom. The molecule has 24 heteroatoms. The molecular weight excluding hydrogens is 1360 g/mol. The molecule has 0 N–H and O–H groups in total. The molecule has 0 heterocycles. The Bertz CT molecular complexity index is 3850. The van der Waals surface area contributed by atoms with E-state index in [1.807, 2.05) is 0 Å². The quantitative estimate of drug-likeness (QED) is 0.0262. The second-order valence-corrected chi connectivity index (χ2v) is 29.1. The molecule has 100 heavy (non-hydrogen) atoms. The molecule has 0 aliphatic heterocycles. The molecule has 0 amide bonds. The highest BCUT2D eigenvalue weighted by atomic mass is 31.2. The molecule has 10 aromatic carbocycles. The summed E-state index contributed by atoms with van der Waals surface area (Å²) in [7, 11) is -21.6. The van der Waals surface area contributed by atoms with Crippen LogP contribution < -0.4 is 0 Å². The van der Waals surface area contributed by atoms with Crippen LogP contribution in [0, 0.1) is 0 Å². The van der Waals surface area contributed by atoms with E-state index in [0.717, 1.165) is 0 Å². The van der Waals surface area contributed by atoms with Crippen LogP contribution in [0.5, 0.6) is 0 Å². The highest BCUT2D eigenvalue weighted by molar-refractivity contribution is 7.49. The molecule has 0 bridgehead atoms. The van der Waals surface area contributed by atoms with Crippen LogP contribution in [0.4, 0.5) is 0 Å². The maximum atomic E-state index is 16.6. The topological polar surface area (TPSA) is 232 Å². The molecule has 0 saturated heterocycles. The van der Waals surface area contributed by atoms with E-state index in [-0.39, 0.29) is 11.1 Å². The van der Waals surface area contributed by atoms with Crippen molar-refractivity contribution >= 4 is 43.2 Å². The largest absolute Gasteiger partial charge is 0.475 e. The molecule has 1 aliphatic carbocycles. The van der Waals surface area contributed by atoms with Crippen molar-refractivity contribution in [3.05, 3.63) is 359 Å². The zero-order chi connectivity index (χ0) is 69.3. The van der Waals surface area contributed by atoms with Gasteiger partial charge in [0.25, 0.3) is 0 Å². The number of ether oxygens (including phenoxy) is 2. The number of hydrogen-bond acceptors (Lipinski definition) is 20. The van der Waals surface area contributed by atoms with Gasteiger partial charge in [0.15, 0.2) is 12.2 Å². The Balaban J connectivity index is 1.18. The van der Waals surface area contributed by atoms with Crippen LogP contribution in [-0.4, -0.2) is 48.6 Å². The maximum absolute atomic E-state index is 16.6. The van der Waals surface area contributed by atoms with E-state index in [4.69, 9.17) is 63.8 Å². The number of benzene rings is 10. The summed E-state index contributed by atoms with van der Waals surface area (Å²) in [5.41, 5.74) is 3.60. The van der Waals surface area contributed by atoms with Gasteiger partial charge in [0.2, 0.25) is 0 Å². The Morgan fingerprint density at radius 1 is 0.210 bits per heavy atom. The monoisotopic (exact) mass is 1430 g/mol. The summed E-state index contributed by atoms with van der Waals surface area (Å²) in [5, 5.41) is 0. The van der Waals surface area contributed by atoms with Crippen molar-refractivity contribution in [2.75, 3.05) is 0 Å². The number of carbonyl (C=O) groups is 2. The van der Waals surface area contributed by atoms with Crippen molar-refractivity contribution in [3.8, 4) is 0 Å². The molecule has 0 unspecified atom stereocenters. The van der Waals surface area contributed by atoms with E-state index < -0.39 is 133 Å². The zero-order valence-corrected chi connectivity index (χ0v) is 57.5. The van der Waals surface area contributed by atoms with Gasteiger partial charge in [-0.25, -0.2) is 27.8 Å². The van der Waals surface area contributed by atoms with Gasteiger partial charge >= 0.3 is 43.2 Å². The second kappa shape index (κ2) is 36.3. The third-order valence-electron chi connectivity index (χ3n) is 15.3. The van der Waals surface area contributed by atoms with Crippen LogP contribution >= 0.6 is 31.3 Å². The van der Waals surface area contributed by atoms with Crippen molar-refractivity contribution in [1.29, 1.82) is 0 Å². The number of phosphoric ester groups is 4. The van der Waals surface area contributed by atoms with Crippen LogP contribution in [0.2, 0.25) is 0 Å². The number of esters is 2. The summed E-state index contributed by atoms with van der Waals surface area (Å²) in [6.45, 7) is -3.77. The lowest BCUT2D eigenvalue weighted by Crippen LogP contribution is -2.67. The van der Waals surface area contributed by atoms with E-state index in [1.54, 1.807) is 279 Å². The number of phosphoric acid groups is 4. The van der Waals surface area contributed by atoms with Crippen LogP contribution in [0.3, 0.4) is 0 Å². The predicted octanol–water partition coefficient (Wildman–Crippen LogP) is 18.2. The molecular formula is C76H72O20P4. The van der Waals surface area contributed by atoms with E-state index >= 15 is 27.8 Å². The summed E-state index contributed by atoms with van der Waals surface area (Å²) in [6, 6.07) is 83.8. The van der Waals surface area contributed by atoms with Gasteiger partial charge in [0, 0.05) is 0 Å². The van der Waals surface area contributed by atoms with Crippen molar-refractivity contribution in [2.45, 2.75) is 89.5 Å². The van der Waals surface area contributed by atoms with Gasteiger partial charge in [0.05, 0.1) is 64.0 Å². The molecule has 0 spiro atoms. The Labute approximate surface area is 580 Å². The number of rotatable bonds is 36. The van der Waals surface area contributed by atoms with Gasteiger partial charge in [-0.2, -0.15) is 0 Å². The first-order valence-electron chi connectivity index (χ1n) is 31.9. The summed E-state index contributed by atoms with van der Waals surface area (Å²) < 4.78 is 158. The van der Waals surface area contributed by atoms with Gasteiger partial charge in [-0.3, -0.25) is 54.3 Å². The lowest BCUT2D eigenvalue weighted by Gasteiger charge is -2.49. The van der Waals surface area contributed by atoms with E-state index in [1.165, 1.54) is 24.3 Å². The molecule has 1 fully saturated rings. The standard InChI is InChI=1S/C76H72O20P4/c77-75(67-47-27-9-28-48-67)91-69-70(92-76(78)68-49-29-10-30-50-68)72(94-98(80,85-53-61-35-15-3-16-36-61)86-54-62-37-17-4-18-38-62)74(96-100(82,89-57-65-43-23-7-24-44-65)90-58-66-45-25-8-26-46-66)73(95-99(81,87-55-63-39-19-5-20-40-63)88-56-64-41-21-6-22-42-64)71(69)93-97(79,83-51-59-31-11-1-12-32-59)84-52-60-33-13-2-14-34-60/h1-50,69-74H,51-58H2/t69-,70+,71-,72-,73+,74+/m1/s1. The molecule has 11 rings (SSSR count). The fourth-order valence-electron chi connectivity index (χ4n) is 10.2. The van der Waals surface area contributed by atoms with Crippen molar-refractivity contribution in [2.24, 2.45) is 0 Å². The first kappa shape index (κ1) is 72.8. The summed E-state index contributed by atoms with van der Waals surface area (Å²) in [6.07, 6.45) is -14.4.